The first-order valence-electron chi connectivity index (χ1n) is 6.74. The van der Waals surface area contributed by atoms with Crippen LogP contribution in [0, 0.1) is 0 Å². The van der Waals surface area contributed by atoms with Crippen LogP contribution in [-0.4, -0.2) is 11.8 Å². The van der Waals surface area contributed by atoms with Gasteiger partial charge >= 0.3 is 0 Å². The predicted octanol–water partition coefficient (Wildman–Crippen LogP) is 5.74. The van der Waals surface area contributed by atoms with Gasteiger partial charge in [0.25, 0.3) is 11.8 Å². The first kappa shape index (κ1) is 18.4. The Morgan fingerprint density at radius 1 is 0.760 bits per heavy atom. The van der Waals surface area contributed by atoms with Crippen molar-refractivity contribution in [3.8, 4) is 0 Å². The summed E-state index contributed by atoms with van der Waals surface area (Å²) < 4.78 is 0. The summed E-state index contributed by atoms with van der Waals surface area (Å²) in [6.07, 6.45) is 0. The van der Waals surface area contributed by atoms with E-state index >= 15 is 0 Å². The lowest BCUT2D eigenvalue weighted by Gasteiger charge is -2.16. The fourth-order valence-corrected chi connectivity index (χ4v) is 3.49. The van der Waals surface area contributed by atoms with Crippen molar-refractivity contribution in [2.75, 3.05) is 10.2 Å². The van der Waals surface area contributed by atoms with Crippen LogP contribution in [-0.2, 0) is 9.59 Å². The molecular weight excluding hydrogens is 429 g/mol. The van der Waals surface area contributed by atoms with Crippen LogP contribution in [0.3, 0.4) is 0 Å². The van der Waals surface area contributed by atoms with Gasteiger partial charge in [0.05, 0.1) is 10.7 Å². The number of nitrogens with zero attached hydrogens (tertiary/aromatic N) is 1. The van der Waals surface area contributed by atoms with Gasteiger partial charge in [-0.1, -0.05) is 58.0 Å². The van der Waals surface area contributed by atoms with Gasteiger partial charge in [-0.3, -0.25) is 9.59 Å². The Hall–Kier alpha value is -1.43. The number of carbonyl (C=O) groups is 2. The van der Waals surface area contributed by atoms with E-state index in [9.17, 15) is 9.59 Å². The molecule has 0 unspecified atom stereocenters. The molecule has 0 radical (unpaired) electrons. The lowest BCUT2D eigenvalue weighted by Crippen LogP contribution is -2.32. The molecule has 2 amide bonds. The molecule has 0 saturated heterocycles. The highest BCUT2D eigenvalue weighted by molar-refractivity contribution is 6.54. The van der Waals surface area contributed by atoms with Crippen LogP contribution in [0.15, 0.2) is 47.1 Å². The zero-order valence-electron chi connectivity index (χ0n) is 12.1. The molecular formula is C16H7Cl5N2O2. The van der Waals surface area contributed by atoms with E-state index in [0.717, 1.165) is 4.90 Å². The van der Waals surface area contributed by atoms with Gasteiger partial charge in [-0.25, -0.2) is 4.90 Å². The number of hydrogen-bond donors (Lipinski definition) is 1. The zero-order valence-corrected chi connectivity index (χ0v) is 15.9. The van der Waals surface area contributed by atoms with E-state index in [1.54, 1.807) is 12.1 Å². The Bertz CT molecular complexity index is 922. The van der Waals surface area contributed by atoms with Crippen molar-refractivity contribution in [1.82, 2.24) is 0 Å². The van der Waals surface area contributed by atoms with Crippen LogP contribution in [0.25, 0.3) is 0 Å². The monoisotopic (exact) mass is 434 g/mol. The molecule has 128 valence electrons. The van der Waals surface area contributed by atoms with Crippen LogP contribution in [0.2, 0.25) is 20.1 Å². The highest BCUT2D eigenvalue weighted by Gasteiger charge is 2.39. The molecule has 0 atom stereocenters. The van der Waals surface area contributed by atoms with E-state index in [1.165, 1.54) is 24.3 Å². The second kappa shape index (κ2) is 7.06. The summed E-state index contributed by atoms with van der Waals surface area (Å²) in [5.74, 6) is -1.36. The van der Waals surface area contributed by atoms with Gasteiger partial charge in [-0.15, -0.1) is 0 Å². The summed E-state index contributed by atoms with van der Waals surface area (Å²) in [7, 11) is 0. The SMILES string of the molecule is O=C1C(Cl)=C(Nc2cc(Cl)cc(Cl)c2)C(=O)N1c1ccc(Cl)cc1Cl. The Morgan fingerprint density at radius 2 is 1.40 bits per heavy atom. The number of carbonyl (C=O) groups excluding carboxylic acids is 2. The number of halogens is 5. The second-order valence-corrected chi connectivity index (χ2v) is 7.11. The highest BCUT2D eigenvalue weighted by atomic mass is 35.5. The molecule has 1 aliphatic rings. The van der Waals surface area contributed by atoms with Gasteiger partial charge in [0, 0.05) is 20.8 Å². The molecule has 9 heteroatoms. The average molecular weight is 437 g/mol. The summed E-state index contributed by atoms with van der Waals surface area (Å²) in [6.45, 7) is 0. The molecule has 0 aliphatic carbocycles. The summed E-state index contributed by atoms with van der Waals surface area (Å²) >= 11 is 29.8. The molecule has 0 aromatic heterocycles. The van der Waals surface area contributed by atoms with Crippen molar-refractivity contribution in [2.24, 2.45) is 0 Å². The van der Waals surface area contributed by atoms with E-state index in [1.807, 2.05) is 0 Å². The molecule has 1 N–H and O–H groups in total. The van der Waals surface area contributed by atoms with E-state index in [0.29, 0.717) is 20.8 Å². The van der Waals surface area contributed by atoms with Gasteiger partial charge in [0.2, 0.25) is 0 Å². The lowest BCUT2D eigenvalue weighted by molar-refractivity contribution is -0.120. The molecule has 0 saturated carbocycles. The van der Waals surface area contributed by atoms with Crippen molar-refractivity contribution < 1.29 is 9.59 Å². The molecule has 4 nitrogen and oxygen atoms in total. The van der Waals surface area contributed by atoms with E-state index in [2.05, 4.69) is 5.32 Å². The molecule has 2 aromatic rings. The molecule has 0 fully saturated rings. The van der Waals surface area contributed by atoms with Crippen LogP contribution >= 0.6 is 58.0 Å². The number of imide groups is 1. The van der Waals surface area contributed by atoms with E-state index < -0.39 is 11.8 Å². The minimum atomic E-state index is -0.702. The smallest absolute Gasteiger partial charge is 0.283 e. The quantitative estimate of drug-likeness (QED) is 0.625. The van der Waals surface area contributed by atoms with Gasteiger partial charge in [-0.2, -0.15) is 0 Å². The highest BCUT2D eigenvalue weighted by Crippen LogP contribution is 2.36. The number of amides is 2. The Morgan fingerprint density at radius 3 is 2.00 bits per heavy atom. The summed E-state index contributed by atoms with van der Waals surface area (Å²) in [5, 5.41) is 3.75. The zero-order chi connectivity index (χ0) is 18.3. The Labute approximate surface area is 167 Å². The minimum Gasteiger partial charge on any atom is -0.350 e. The standard InChI is InChI=1S/C16H7Cl5N2O2/c17-7-1-2-12(11(20)6-7)23-15(24)13(21)14(16(23)25)22-10-4-8(18)3-9(19)5-10/h1-6,22H. The normalized spacial score (nSPS) is 14.5. The third kappa shape index (κ3) is 3.59. The summed E-state index contributed by atoms with van der Waals surface area (Å²) in [5.41, 5.74) is 0.493. The third-order valence-electron chi connectivity index (χ3n) is 3.31. The van der Waals surface area contributed by atoms with Crippen molar-refractivity contribution in [2.45, 2.75) is 0 Å². The van der Waals surface area contributed by atoms with Crippen LogP contribution in [0.1, 0.15) is 0 Å². The molecule has 1 heterocycles. The Kier molecular flexibility index (Phi) is 5.19. The summed E-state index contributed by atoms with van der Waals surface area (Å²) in [6, 6.07) is 9.02. The molecule has 2 aromatic carbocycles. The van der Waals surface area contributed by atoms with Crippen molar-refractivity contribution in [3.05, 3.63) is 67.2 Å². The number of rotatable bonds is 3. The van der Waals surface area contributed by atoms with Crippen molar-refractivity contribution in [1.29, 1.82) is 0 Å². The van der Waals surface area contributed by atoms with Gasteiger partial charge in [0.1, 0.15) is 10.7 Å². The van der Waals surface area contributed by atoms with E-state index in [4.69, 9.17) is 58.0 Å². The Balaban J connectivity index is 1.96. The van der Waals surface area contributed by atoms with Crippen molar-refractivity contribution in [3.63, 3.8) is 0 Å². The summed E-state index contributed by atoms with van der Waals surface area (Å²) in [4.78, 5) is 26.0. The first-order valence-corrected chi connectivity index (χ1v) is 8.63. The third-order valence-corrected chi connectivity index (χ3v) is 4.63. The van der Waals surface area contributed by atoms with Crippen LogP contribution < -0.4 is 10.2 Å². The topological polar surface area (TPSA) is 49.4 Å². The number of benzene rings is 2. The number of nitrogens with one attached hydrogen (secondary N) is 1. The first-order chi connectivity index (χ1) is 11.8. The van der Waals surface area contributed by atoms with Crippen LogP contribution in [0.5, 0.6) is 0 Å². The maximum Gasteiger partial charge on any atom is 0.283 e. The number of anilines is 2. The van der Waals surface area contributed by atoms with E-state index in [-0.39, 0.29) is 21.4 Å². The second-order valence-electron chi connectivity index (χ2n) is 5.01. The maximum absolute atomic E-state index is 12.7. The fourth-order valence-electron chi connectivity index (χ4n) is 2.26. The molecule has 0 bridgehead atoms. The van der Waals surface area contributed by atoms with Gasteiger partial charge in [0.15, 0.2) is 0 Å². The minimum absolute atomic E-state index is 0.101. The molecule has 25 heavy (non-hydrogen) atoms. The molecule has 3 rings (SSSR count). The van der Waals surface area contributed by atoms with Crippen molar-refractivity contribution >= 4 is 81.2 Å². The fraction of sp³-hybridized carbons (Fsp3) is 0. The average Bonchev–Trinajstić information content (AvgIpc) is 2.71. The largest absolute Gasteiger partial charge is 0.350 e. The maximum atomic E-state index is 12.7. The van der Waals surface area contributed by atoms with Gasteiger partial charge in [-0.05, 0) is 36.4 Å². The predicted molar refractivity (Wildman–Crippen MR) is 102 cm³/mol. The van der Waals surface area contributed by atoms with Crippen LogP contribution in [0.4, 0.5) is 11.4 Å². The number of hydrogen-bond acceptors (Lipinski definition) is 3. The molecule has 0 spiro atoms. The van der Waals surface area contributed by atoms with Gasteiger partial charge < -0.3 is 5.32 Å². The molecule has 1 aliphatic heterocycles. The lowest BCUT2D eigenvalue weighted by atomic mass is 10.3.